The number of piperidine rings is 1. The average Bonchev–Trinajstić information content (AvgIpc) is 2.89. The zero-order valence-electron chi connectivity index (χ0n) is 16.0. The van der Waals surface area contributed by atoms with Crippen molar-refractivity contribution in [2.75, 3.05) is 26.2 Å². The molecule has 2 heterocycles. The van der Waals surface area contributed by atoms with Crippen LogP contribution in [-0.2, 0) is 4.74 Å². The van der Waals surface area contributed by atoms with Crippen LogP contribution < -0.4 is 0 Å². The molecule has 1 aliphatic carbocycles. The minimum atomic E-state index is -0.952. The topological polar surface area (TPSA) is 88.7 Å². The van der Waals surface area contributed by atoms with Crippen molar-refractivity contribution in [3.05, 3.63) is 38.4 Å². The molecule has 0 amide bonds. The van der Waals surface area contributed by atoms with Gasteiger partial charge >= 0.3 is 0 Å². The Hall–Kier alpha value is -1.16. The number of nitro groups is 1. The summed E-state index contributed by atoms with van der Waals surface area (Å²) in [5.41, 5.74) is 0.300. The minimum absolute atomic E-state index is 0.0144. The van der Waals surface area contributed by atoms with Crippen LogP contribution in [-0.4, -0.2) is 52.6 Å². The van der Waals surface area contributed by atoms with E-state index in [1.807, 2.05) is 4.90 Å². The molecule has 7 nitrogen and oxygen atoms in total. The van der Waals surface area contributed by atoms with E-state index < -0.39 is 18.3 Å². The Morgan fingerprint density at radius 3 is 2.71 bits per heavy atom. The fraction of sp³-hybridized carbons (Fsp3) is 0.737. The van der Waals surface area contributed by atoms with Gasteiger partial charge in [0.2, 0.25) is 18.9 Å². The van der Waals surface area contributed by atoms with Gasteiger partial charge in [-0.2, -0.15) is 4.39 Å². The first-order valence-electron chi connectivity index (χ1n) is 9.87. The van der Waals surface area contributed by atoms with Gasteiger partial charge in [-0.05, 0) is 43.1 Å². The van der Waals surface area contributed by atoms with Crippen molar-refractivity contribution in [1.29, 1.82) is 0 Å². The number of aromatic nitrogens is 1. The Balaban J connectivity index is 1.79. The van der Waals surface area contributed by atoms with Crippen LogP contribution in [0.1, 0.15) is 44.1 Å². The van der Waals surface area contributed by atoms with Crippen molar-refractivity contribution in [2.24, 2.45) is 17.8 Å². The number of aliphatic hydroxyl groups is 1. The number of unbranched alkanes of at least 4 members (excludes halogenated alkanes) is 1. The quantitative estimate of drug-likeness (QED) is 0.200. The van der Waals surface area contributed by atoms with Crippen molar-refractivity contribution < 1.29 is 19.2 Å². The summed E-state index contributed by atoms with van der Waals surface area (Å²) >= 11 is 3.36. The normalized spacial score (nSPS) is 26.9. The number of hydrogen-bond acceptors (Lipinski definition) is 6. The Kier molecular flexibility index (Phi) is 7.36. The van der Waals surface area contributed by atoms with E-state index in [0.29, 0.717) is 29.7 Å². The lowest BCUT2D eigenvalue weighted by Gasteiger charge is -2.42. The maximum Gasteiger partial charge on any atom is 0.217 e. The Morgan fingerprint density at radius 2 is 2.14 bits per heavy atom. The Bertz CT molecular complexity index is 661. The molecule has 2 bridgehead atoms. The summed E-state index contributed by atoms with van der Waals surface area (Å²) in [7, 11) is 0. The highest BCUT2D eigenvalue weighted by atomic mass is 79.9. The van der Waals surface area contributed by atoms with Crippen LogP contribution in [0.2, 0.25) is 0 Å². The lowest BCUT2D eigenvalue weighted by atomic mass is 9.73. The number of pyridine rings is 1. The third-order valence-corrected chi connectivity index (χ3v) is 6.77. The molecule has 1 aromatic heterocycles. The van der Waals surface area contributed by atoms with E-state index in [1.54, 1.807) is 6.07 Å². The van der Waals surface area contributed by atoms with Crippen LogP contribution in [0.3, 0.4) is 0 Å². The van der Waals surface area contributed by atoms with Gasteiger partial charge in [-0.25, -0.2) is 4.98 Å². The molecule has 3 unspecified atom stereocenters. The van der Waals surface area contributed by atoms with Crippen LogP contribution in [0.4, 0.5) is 4.39 Å². The molecule has 3 rings (SSSR count). The Labute approximate surface area is 172 Å². The largest absolute Gasteiger partial charge is 0.356 e. The van der Waals surface area contributed by atoms with Crippen LogP contribution in [0.5, 0.6) is 0 Å². The lowest BCUT2D eigenvalue weighted by molar-refractivity contribution is -0.485. The van der Waals surface area contributed by atoms with Crippen molar-refractivity contribution in [1.82, 2.24) is 9.88 Å². The van der Waals surface area contributed by atoms with Crippen LogP contribution in [0, 0.1) is 33.8 Å². The predicted molar refractivity (Wildman–Crippen MR) is 105 cm³/mol. The number of likely N-dealkylation sites (tertiary alicyclic amines) is 1. The smallest absolute Gasteiger partial charge is 0.217 e. The highest BCUT2D eigenvalue weighted by Gasteiger charge is 2.49. The van der Waals surface area contributed by atoms with Gasteiger partial charge in [0, 0.05) is 34.2 Å². The second-order valence-corrected chi connectivity index (χ2v) is 8.65. The van der Waals surface area contributed by atoms with Crippen molar-refractivity contribution >= 4 is 15.9 Å². The SMILES string of the molecule is CCCCOC(O)N1C[C@H]2CC[C@@H](C1)C2C(C[N+](=O)[O-])c1c(Br)ccnc1F. The molecule has 156 valence electrons. The summed E-state index contributed by atoms with van der Waals surface area (Å²) in [5, 5.41) is 21.7. The maximum absolute atomic E-state index is 14.5. The first-order chi connectivity index (χ1) is 13.4. The molecule has 0 spiro atoms. The molecular formula is C19H27BrFN3O4. The number of nitrogens with zero attached hydrogens (tertiary/aromatic N) is 3. The highest BCUT2D eigenvalue weighted by Crippen LogP contribution is 2.50. The van der Waals surface area contributed by atoms with Crippen molar-refractivity contribution in [3.8, 4) is 0 Å². The first kappa shape index (κ1) is 21.5. The molecular weight excluding hydrogens is 433 g/mol. The van der Waals surface area contributed by atoms with Gasteiger partial charge in [0.05, 0.1) is 12.5 Å². The molecule has 1 aromatic rings. The van der Waals surface area contributed by atoms with E-state index >= 15 is 0 Å². The van der Waals surface area contributed by atoms with E-state index in [4.69, 9.17) is 4.74 Å². The minimum Gasteiger partial charge on any atom is -0.356 e. The Morgan fingerprint density at radius 1 is 1.46 bits per heavy atom. The van der Waals surface area contributed by atoms with Crippen LogP contribution >= 0.6 is 15.9 Å². The van der Waals surface area contributed by atoms with Gasteiger partial charge in [0.15, 0.2) is 0 Å². The molecule has 0 aromatic carbocycles. The van der Waals surface area contributed by atoms with Crippen molar-refractivity contribution in [3.63, 3.8) is 0 Å². The summed E-state index contributed by atoms with van der Waals surface area (Å²) in [6.45, 7) is 3.44. The number of aliphatic hydroxyl groups excluding tert-OH is 1. The van der Waals surface area contributed by atoms with Gasteiger partial charge in [-0.3, -0.25) is 15.0 Å². The molecule has 2 fully saturated rings. The molecule has 1 saturated carbocycles. The van der Waals surface area contributed by atoms with E-state index in [-0.39, 0.29) is 29.2 Å². The molecule has 1 N–H and O–H groups in total. The number of halogens is 2. The fourth-order valence-electron chi connectivity index (χ4n) is 4.90. The summed E-state index contributed by atoms with van der Waals surface area (Å²) in [6, 6.07) is 1.63. The fourth-order valence-corrected chi connectivity index (χ4v) is 5.47. The summed E-state index contributed by atoms with van der Waals surface area (Å²) in [4.78, 5) is 16.7. The third kappa shape index (κ3) is 4.69. The maximum atomic E-state index is 14.5. The summed E-state index contributed by atoms with van der Waals surface area (Å²) < 4.78 is 20.6. The van der Waals surface area contributed by atoms with E-state index in [1.165, 1.54) is 6.20 Å². The van der Waals surface area contributed by atoms with Gasteiger partial charge in [0.1, 0.15) is 0 Å². The predicted octanol–water partition coefficient (Wildman–Crippen LogP) is 3.39. The number of rotatable bonds is 9. The second kappa shape index (κ2) is 9.56. The monoisotopic (exact) mass is 459 g/mol. The van der Waals surface area contributed by atoms with Gasteiger partial charge < -0.3 is 9.84 Å². The third-order valence-electron chi connectivity index (χ3n) is 6.08. The van der Waals surface area contributed by atoms with E-state index in [2.05, 4.69) is 27.8 Å². The molecule has 1 aliphatic heterocycles. The van der Waals surface area contributed by atoms with Crippen LogP contribution in [0.15, 0.2) is 16.7 Å². The molecule has 28 heavy (non-hydrogen) atoms. The standard InChI is InChI=1S/C19H27BrFN3O4/c1-2-3-8-28-19(25)23-9-12-4-5-13(10-23)16(12)14(11-24(26)27)17-15(20)6-7-22-18(17)21/h6-7,12-14,16,19,25H,2-5,8-11H2,1H3/t12-,13+,14?,16?,19?. The van der Waals surface area contributed by atoms with Gasteiger partial charge in [-0.1, -0.05) is 29.3 Å². The second-order valence-electron chi connectivity index (χ2n) is 7.80. The lowest BCUT2D eigenvalue weighted by Crippen LogP contribution is -2.50. The van der Waals surface area contributed by atoms with E-state index in [0.717, 1.165) is 25.7 Å². The summed E-state index contributed by atoms with van der Waals surface area (Å²) in [6.07, 6.45) is 4.12. The number of fused-ring (bicyclic) bond motifs is 2. The summed E-state index contributed by atoms with van der Waals surface area (Å²) in [5.74, 6) is -0.902. The zero-order chi connectivity index (χ0) is 20.3. The molecule has 9 heteroatoms. The van der Waals surface area contributed by atoms with E-state index in [9.17, 15) is 19.6 Å². The molecule has 5 atom stereocenters. The molecule has 0 radical (unpaired) electrons. The van der Waals surface area contributed by atoms with Crippen LogP contribution in [0.25, 0.3) is 0 Å². The van der Waals surface area contributed by atoms with Gasteiger partial charge in [0.25, 0.3) is 0 Å². The zero-order valence-corrected chi connectivity index (χ0v) is 17.6. The highest BCUT2D eigenvalue weighted by molar-refractivity contribution is 9.10. The van der Waals surface area contributed by atoms with Crippen molar-refractivity contribution in [2.45, 2.75) is 44.9 Å². The number of hydrogen-bond donors (Lipinski definition) is 1. The molecule has 1 saturated heterocycles. The molecule has 2 aliphatic rings. The first-order valence-corrected chi connectivity index (χ1v) is 10.7. The number of ether oxygens (including phenoxy) is 1. The average molecular weight is 460 g/mol. The van der Waals surface area contributed by atoms with Gasteiger partial charge in [-0.15, -0.1) is 0 Å².